The number of ether oxygens (including phenoxy) is 1. The number of ketones is 1. The maximum atomic E-state index is 12.7. The van der Waals surface area contributed by atoms with Crippen molar-refractivity contribution in [3.8, 4) is 5.75 Å². The van der Waals surface area contributed by atoms with Crippen molar-refractivity contribution in [1.82, 2.24) is 9.78 Å². The van der Waals surface area contributed by atoms with Crippen molar-refractivity contribution in [2.75, 3.05) is 7.11 Å². The Morgan fingerprint density at radius 3 is 2.65 bits per heavy atom. The predicted octanol–water partition coefficient (Wildman–Crippen LogP) is 3.77. The zero-order chi connectivity index (χ0) is 14.9. The van der Waals surface area contributed by atoms with Gasteiger partial charge in [0.25, 0.3) is 0 Å². The van der Waals surface area contributed by atoms with Crippen molar-refractivity contribution in [3.05, 3.63) is 45.7 Å². The predicted molar refractivity (Wildman–Crippen MR) is 81.5 cm³/mol. The molecule has 0 radical (unpaired) electrons. The van der Waals surface area contributed by atoms with E-state index in [1.807, 2.05) is 32.9 Å². The lowest BCUT2D eigenvalue weighted by Gasteiger charge is -2.11. The first kappa shape index (κ1) is 14.8. The summed E-state index contributed by atoms with van der Waals surface area (Å²) in [7, 11) is 1.62. The molecule has 0 amide bonds. The molecule has 0 N–H and O–H groups in total. The largest absolute Gasteiger partial charge is 0.496 e. The summed E-state index contributed by atoms with van der Waals surface area (Å²) in [5, 5.41) is 4.24. The molecule has 1 aromatic carbocycles. The summed E-state index contributed by atoms with van der Waals surface area (Å²) in [4.78, 5) is 12.7. The van der Waals surface area contributed by atoms with Crippen LogP contribution >= 0.6 is 15.9 Å². The molecule has 20 heavy (non-hydrogen) atoms. The lowest BCUT2D eigenvalue weighted by molar-refractivity contribution is 0.102. The van der Waals surface area contributed by atoms with Crippen LogP contribution < -0.4 is 4.74 Å². The van der Waals surface area contributed by atoms with Crippen molar-refractivity contribution in [2.45, 2.75) is 26.8 Å². The highest BCUT2D eigenvalue weighted by Crippen LogP contribution is 2.25. The lowest BCUT2D eigenvalue weighted by Crippen LogP contribution is -2.14. The van der Waals surface area contributed by atoms with Crippen LogP contribution in [-0.4, -0.2) is 22.7 Å². The van der Waals surface area contributed by atoms with Gasteiger partial charge in [-0.15, -0.1) is 0 Å². The topological polar surface area (TPSA) is 44.1 Å². The van der Waals surface area contributed by atoms with Gasteiger partial charge in [-0.25, -0.2) is 0 Å². The van der Waals surface area contributed by atoms with E-state index in [4.69, 9.17) is 4.74 Å². The molecule has 0 saturated carbocycles. The summed E-state index contributed by atoms with van der Waals surface area (Å²) < 4.78 is 7.66. The third kappa shape index (κ3) is 2.63. The van der Waals surface area contributed by atoms with Crippen LogP contribution in [0.15, 0.2) is 28.9 Å². The Labute approximate surface area is 126 Å². The number of nitrogens with zero attached hydrogens (tertiary/aromatic N) is 2. The number of benzene rings is 1. The molecular formula is C15H17BrN2O2. The van der Waals surface area contributed by atoms with Gasteiger partial charge >= 0.3 is 0 Å². The lowest BCUT2D eigenvalue weighted by atomic mass is 10.0. The molecule has 0 aliphatic heterocycles. The van der Waals surface area contributed by atoms with Gasteiger partial charge in [0, 0.05) is 11.6 Å². The van der Waals surface area contributed by atoms with Gasteiger partial charge < -0.3 is 4.74 Å². The number of carbonyl (C=O) groups excluding carboxylic acids is 1. The summed E-state index contributed by atoms with van der Waals surface area (Å²) in [5.74, 6) is 0.729. The van der Waals surface area contributed by atoms with Crippen LogP contribution in [0.25, 0.3) is 0 Å². The fourth-order valence-electron chi connectivity index (χ4n) is 2.10. The first-order valence-electron chi connectivity index (χ1n) is 6.38. The Morgan fingerprint density at radius 2 is 2.10 bits per heavy atom. The molecule has 0 bridgehead atoms. The third-order valence-electron chi connectivity index (χ3n) is 3.11. The minimum atomic E-state index is -0.0474. The van der Waals surface area contributed by atoms with Crippen LogP contribution in [-0.2, 0) is 0 Å². The van der Waals surface area contributed by atoms with Gasteiger partial charge in [-0.1, -0.05) is 0 Å². The standard InChI is InChI=1S/C15H17BrN2O2/c1-9(2)18-14(12(16)8-17-18)15(19)11-5-6-13(20-4)10(3)7-11/h5-9H,1-4H3. The summed E-state index contributed by atoms with van der Waals surface area (Å²) in [6.45, 7) is 5.91. The van der Waals surface area contributed by atoms with E-state index in [2.05, 4.69) is 21.0 Å². The van der Waals surface area contributed by atoms with E-state index in [0.29, 0.717) is 15.7 Å². The second-order valence-corrected chi connectivity index (χ2v) is 5.75. The molecule has 0 fully saturated rings. The number of methoxy groups -OCH3 is 1. The van der Waals surface area contributed by atoms with E-state index in [0.717, 1.165) is 11.3 Å². The van der Waals surface area contributed by atoms with Crippen molar-refractivity contribution in [2.24, 2.45) is 0 Å². The fourth-order valence-corrected chi connectivity index (χ4v) is 2.55. The molecule has 0 atom stereocenters. The van der Waals surface area contributed by atoms with Gasteiger partial charge in [-0.3, -0.25) is 9.48 Å². The highest BCUT2D eigenvalue weighted by Gasteiger charge is 2.20. The van der Waals surface area contributed by atoms with Crippen LogP contribution in [0.3, 0.4) is 0 Å². The number of aromatic nitrogens is 2. The number of hydrogen-bond acceptors (Lipinski definition) is 3. The maximum absolute atomic E-state index is 12.7. The average Bonchev–Trinajstić information content (AvgIpc) is 2.80. The van der Waals surface area contributed by atoms with E-state index < -0.39 is 0 Å². The number of aryl methyl sites for hydroxylation is 1. The smallest absolute Gasteiger partial charge is 0.212 e. The van der Waals surface area contributed by atoms with Crippen molar-refractivity contribution in [3.63, 3.8) is 0 Å². The fraction of sp³-hybridized carbons (Fsp3) is 0.333. The molecule has 0 aliphatic carbocycles. The number of carbonyl (C=O) groups is 1. The Hall–Kier alpha value is -1.62. The van der Waals surface area contributed by atoms with Crippen molar-refractivity contribution in [1.29, 1.82) is 0 Å². The monoisotopic (exact) mass is 336 g/mol. The van der Waals surface area contributed by atoms with Crippen molar-refractivity contribution < 1.29 is 9.53 Å². The number of hydrogen-bond donors (Lipinski definition) is 0. The Balaban J connectivity index is 2.46. The molecule has 0 saturated heterocycles. The highest BCUT2D eigenvalue weighted by molar-refractivity contribution is 9.10. The van der Waals surface area contributed by atoms with E-state index in [9.17, 15) is 4.79 Å². The first-order valence-corrected chi connectivity index (χ1v) is 7.17. The molecule has 4 nitrogen and oxygen atoms in total. The maximum Gasteiger partial charge on any atom is 0.212 e. The Morgan fingerprint density at radius 1 is 1.40 bits per heavy atom. The Kier molecular flexibility index (Phi) is 4.28. The molecule has 106 valence electrons. The zero-order valence-electron chi connectivity index (χ0n) is 12.0. The average molecular weight is 337 g/mol. The molecular weight excluding hydrogens is 320 g/mol. The van der Waals surface area contributed by atoms with E-state index in [1.165, 1.54) is 0 Å². The third-order valence-corrected chi connectivity index (χ3v) is 3.69. The second-order valence-electron chi connectivity index (χ2n) is 4.89. The summed E-state index contributed by atoms with van der Waals surface area (Å²) in [5.41, 5.74) is 2.14. The normalized spacial score (nSPS) is 10.9. The van der Waals surface area contributed by atoms with Crippen LogP contribution in [0.5, 0.6) is 5.75 Å². The molecule has 1 heterocycles. The molecule has 0 aliphatic rings. The minimum Gasteiger partial charge on any atom is -0.496 e. The number of rotatable bonds is 4. The SMILES string of the molecule is COc1ccc(C(=O)c2c(Br)cnn2C(C)C)cc1C. The quantitative estimate of drug-likeness (QED) is 0.798. The molecule has 0 unspecified atom stereocenters. The van der Waals surface area contributed by atoms with E-state index >= 15 is 0 Å². The first-order chi connectivity index (χ1) is 9.45. The molecule has 5 heteroatoms. The van der Waals surface area contributed by atoms with Crippen LogP contribution in [0.1, 0.15) is 41.5 Å². The Bertz CT molecular complexity index is 647. The zero-order valence-corrected chi connectivity index (χ0v) is 13.6. The van der Waals surface area contributed by atoms with Crippen LogP contribution in [0, 0.1) is 6.92 Å². The van der Waals surface area contributed by atoms with Crippen molar-refractivity contribution >= 4 is 21.7 Å². The molecule has 2 rings (SSSR count). The second kappa shape index (κ2) is 5.79. The summed E-state index contributed by atoms with van der Waals surface area (Å²) in [6.07, 6.45) is 1.66. The number of halogens is 1. The van der Waals surface area contributed by atoms with Crippen LogP contribution in [0.4, 0.5) is 0 Å². The van der Waals surface area contributed by atoms with Gasteiger partial charge in [0.2, 0.25) is 5.78 Å². The van der Waals surface area contributed by atoms with Gasteiger partial charge in [0.1, 0.15) is 11.4 Å². The minimum absolute atomic E-state index is 0.0474. The van der Waals surface area contributed by atoms with Gasteiger partial charge in [-0.05, 0) is 60.5 Å². The van der Waals surface area contributed by atoms with E-state index in [1.54, 1.807) is 24.1 Å². The molecule has 0 spiro atoms. The molecule has 2 aromatic rings. The molecule has 1 aromatic heterocycles. The van der Waals surface area contributed by atoms with Gasteiger partial charge in [0.15, 0.2) is 0 Å². The van der Waals surface area contributed by atoms with Gasteiger partial charge in [-0.2, -0.15) is 5.10 Å². The highest BCUT2D eigenvalue weighted by atomic mass is 79.9. The van der Waals surface area contributed by atoms with Crippen LogP contribution in [0.2, 0.25) is 0 Å². The summed E-state index contributed by atoms with van der Waals surface area (Å²) >= 11 is 3.40. The van der Waals surface area contributed by atoms with E-state index in [-0.39, 0.29) is 11.8 Å². The van der Waals surface area contributed by atoms with Gasteiger partial charge in [0.05, 0.1) is 17.8 Å². The summed E-state index contributed by atoms with van der Waals surface area (Å²) in [6, 6.07) is 5.55.